The Hall–Kier alpha value is -1.22. The van der Waals surface area contributed by atoms with Gasteiger partial charge >= 0.3 is 0 Å². The number of rotatable bonds is 5. The fraction of sp³-hybridized carbons (Fsp3) is 0.438. The SMILES string of the molecule is Cc1ccc(S(=O)(=O)N2CCCC2C(=O)NCc2sccc2C)s1. The van der Waals surface area contributed by atoms with Gasteiger partial charge in [-0.15, -0.1) is 22.7 Å². The first-order valence-electron chi connectivity index (χ1n) is 7.78. The van der Waals surface area contributed by atoms with E-state index in [1.807, 2.05) is 25.3 Å². The second kappa shape index (κ2) is 6.95. The van der Waals surface area contributed by atoms with E-state index in [0.717, 1.165) is 15.3 Å². The molecule has 1 atom stereocenters. The topological polar surface area (TPSA) is 66.5 Å². The summed E-state index contributed by atoms with van der Waals surface area (Å²) in [7, 11) is -3.60. The third-order valence-corrected chi connectivity index (χ3v) is 8.58. The van der Waals surface area contributed by atoms with Crippen LogP contribution in [0.1, 0.15) is 28.2 Å². The predicted molar refractivity (Wildman–Crippen MR) is 96.9 cm³/mol. The summed E-state index contributed by atoms with van der Waals surface area (Å²) in [6.07, 6.45) is 1.28. The molecule has 8 heteroatoms. The molecule has 1 fully saturated rings. The molecule has 5 nitrogen and oxygen atoms in total. The van der Waals surface area contributed by atoms with Gasteiger partial charge in [-0.1, -0.05) is 0 Å². The number of sulfonamides is 1. The van der Waals surface area contributed by atoms with Crippen molar-refractivity contribution in [2.45, 2.75) is 43.5 Å². The van der Waals surface area contributed by atoms with Gasteiger partial charge in [0, 0.05) is 16.3 Å². The molecular formula is C16H20N2O3S3. The Morgan fingerprint density at radius 1 is 1.33 bits per heavy atom. The van der Waals surface area contributed by atoms with Gasteiger partial charge in [-0.05, 0) is 55.8 Å². The maximum absolute atomic E-state index is 12.8. The minimum Gasteiger partial charge on any atom is -0.350 e. The van der Waals surface area contributed by atoms with E-state index in [2.05, 4.69) is 5.32 Å². The first kappa shape index (κ1) is 17.6. The van der Waals surface area contributed by atoms with Gasteiger partial charge in [0.25, 0.3) is 10.0 Å². The number of carbonyl (C=O) groups excluding carboxylic acids is 1. The molecule has 1 aliphatic heterocycles. The molecule has 3 rings (SSSR count). The van der Waals surface area contributed by atoms with Crippen LogP contribution < -0.4 is 5.32 Å². The molecular weight excluding hydrogens is 364 g/mol. The molecule has 130 valence electrons. The standard InChI is InChI=1S/C16H20N2O3S3/c1-11-7-9-22-14(11)10-17-16(19)13-4-3-8-18(13)24(20,21)15-6-5-12(2)23-15/h5-7,9,13H,3-4,8,10H2,1-2H3,(H,17,19). The first-order valence-corrected chi connectivity index (χ1v) is 10.9. The zero-order valence-electron chi connectivity index (χ0n) is 13.6. The maximum Gasteiger partial charge on any atom is 0.253 e. The molecule has 2 aromatic rings. The maximum atomic E-state index is 12.8. The molecule has 0 saturated carbocycles. The lowest BCUT2D eigenvalue weighted by atomic mass is 10.2. The van der Waals surface area contributed by atoms with Crippen LogP contribution in [0, 0.1) is 13.8 Å². The smallest absolute Gasteiger partial charge is 0.253 e. The van der Waals surface area contributed by atoms with Crippen molar-refractivity contribution >= 4 is 38.6 Å². The van der Waals surface area contributed by atoms with Crippen molar-refractivity contribution < 1.29 is 13.2 Å². The van der Waals surface area contributed by atoms with Crippen molar-refractivity contribution in [2.75, 3.05) is 6.54 Å². The van der Waals surface area contributed by atoms with E-state index in [1.165, 1.54) is 15.6 Å². The van der Waals surface area contributed by atoms with Crippen molar-refractivity contribution in [3.05, 3.63) is 38.9 Å². The van der Waals surface area contributed by atoms with E-state index in [9.17, 15) is 13.2 Å². The molecule has 24 heavy (non-hydrogen) atoms. The second-order valence-corrected chi connectivity index (χ2v) is 10.3. The van der Waals surface area contributed by atoms with Gasteiger partial charge in [-0.2, -0.15) is 4.31 Å². The lowest BCUT2D eigenvalue weighted by Crippen LogP contribution is -2.45. The number of nitrogens with one attached hydrogen (secondary N) is 1. The van der Waals surface area contributed by atoms with Gasteiger partial charge in [0.1, 0.15) is 10.3 Å². The number of hydrogen-bond acceptors (Lipinski definition) is 5. The van der Waals surface area contributed by atoms with E-state index in [-0.39, 0.29) is 5.91 Å². The second-order valence-electron chi connectivity index (χ2n) is 5.88. The summed E-state index contributed by atoms with van der Waals surface area (Å²) in [6.45, 7) is 4.73. The highest BCUT2D eigenvalue weighted by Crippen LogP contribution is 2.30. The minimum atomic E-state index is -3.60. The van der Waals surface area contributed by atoms with Crippen molar-refractivity contribution in [3.63, 3.8) is 0 Å². The summed E-state index contributed by atoms with van der Waals surface area (Å²) >= 11 is 2.84. The number of aryl methyl sites for hydroxylation is 2. The molecule has 0 aliphatic carbocycles. The van der Waals surface area contributed by atoms with Crippen LogP contribution in [0.5, 0.6) is 0 Å². The Kier molecular flexibility index (Phi) is 5.10. The lowest BCUT2D eigenvalue weighted by Gasteiger charge is -2.22. The molecule has 0 radical (unpaired) electrons. The van der Waals surface area contributed by atoms with E-state index >= 15 is 0 Å². The number of thiophene rings is 2. The van der Waals surface area contributed by atoms with Crippen LogP contribution in [-0.2, 0) is 21.4 Å². The monoisotopic (exact) mass is 384 g/mol. The zero-order chi connectivity index (χ0) is 17.3. The molecule has 1 N–H and O–H groups in total. The van der Waals surface area contributed by atoms with Gasteiger partial charge in [0.15, 0.2) is 0 Å². The highest BCUT2D eigenvalue weighted by molar-refractivity contribution is 7.91. The molecule has 2 aromatic heterocycles. The summed E-state index contributed by atoms with van der Waals surface area (Å²) in [6, 6.07) is 4.81. The van der Waals surface area contributed by atoms with Crippen LogP contribution in [-0.4, -0.2) is 31.2 Å². The van der Waals surface area contributed by atoms with Crippen molar-refractivity contribution in [2.24, 2.45) is 0 Å². The van der Waals surface area contributed by atoms with Crippen molar-refractivity contribution in [3.8, 4) is 0 Å². The van der Waals surface area contributed by atoms with E-state index in [0.29, 0.717) is 30.1 Å². The Labute approximate surface area is 150 Å². The molecule has 0 aromatic carbocycles. The van der Waals surface area contributed by atoms with E-state index in [1.54, 1.807) is 23.5 Å². The third-order valence-electron chi connectivity index (χ3n) is 4.18. The van der Waals surface area contributed by atoms with Crippen LogP contribution in [0.25, 0.3) is 0 Å². The summed E-state index contributed by atoms with van der Waals surface area (Å²) in [4.78, 5) is 14.6. The molecule has 0 spiro atoms. The van der Waals surface area contributed by atoms with Crippen LogP contribution in [0.3, 0.4) is 0 Å². The molecule has 0 bridgehead atoms. The van der Waals surface area contributed by atoms with Crippen LogP contribution in [0.4, 0.5) is 0 Å². The van der Waals surface area contributed by atoms with Crippen molar-refractivity contribution in [1.82, 2.24) is 9.62 Å². The van der Waals surface area contributed by atoms with Gasteiger partial charge in [0.2, 0.25) is 5.91 Å². The molecule has 1 saturated heterocycles. The Morgan fingerprint density at radius 2 is 2.12 bits per heavy atom. The number of hydrogen-bond donors (Lipinski definition) is 1. The van der Waals surface area contributed by atoms with Crippen molar-refractivity contribution in [1.29, 1.82) is 0 Å². The van der Waals surface area contributed by atoms with Gasteiger partial charge < -0.3 is 5.32 Å². The quantitative estimate of drug-likeness (QED) is 0.862. The number of nitrogens with zero attached hydrogens (tertiary/aromatic N) is 1. The Morgan fingerprint density at radius 3 is 2.75 bits per heavy atom. The van der Waals surface area contributed by atoms with E-state index in [4.69, 9.17) is 0 Å². The summed E-state index contributed by atoms with van der Waals surface area (Å²) in [5.74, 6) is -0.211. The van der Waals surface area contributed by atoms with Gasteiger partial charge in [-0.25, -0.2) is 8.42 Å². The third kappa shape index (κ3) is 3.42. The normalized spacial score (nSPS) is 18.8. The summed E-state index contributed by atoms with van der Waals surface area (Å²) < 4.78 is 27.3. The van der Waals surface area contributed by atoms with Crippen LogP contribution in [0.2, 0.25) is 0 Å². The number of carbonyl (C=O) groups is 1. The first-order chi connectivity index (χ1) is 11.4. The van der Waals surface area contributed by atoms with Crippen LogP contribution in [0.15, 0.2) is 27.8 Å². The molecule has 1 amide bonds. The van der Waals surface area contributed by atoms with Crippen LogP contribution >= 0.6 is 22.7 Å². The Bertz CT molecular complexity index is 838. The minimum absolute atomic E-state index is 0.211. The molecule has 1 unspecified atom stereocenters. The highest BCUT2D eigenvalue weighted by atomic mass is 32.2. The highest BCUT2D eigenvalue weighted by Gasteiger charge is 2.39. The zero-order valence-corrected chi connectivity index (χ0v) is 16.1. The molecule has 1 aliphatic rings. The largest absolute Gasteiger partial charge is 0.350 e. The predicted octanol–water partition coefficient (Wildman–Crippen LogP) is 2.90. The fourth-order valence-corrected chi connectivity index (χ4v) is 6.74. The summed E-state index contributed by atoms with van der Waals surface area (Å²) in [5.41, 5.74) is 1.14. The van der Waals surface area contributed by atoms with Gasteiger partial charge in [-0.3, -0.25) is 4.79 Å². The van der Waals surface area contributed by atoms with E-state index < -0.39 is 16.1 Å². The van der Waals surface area contributed by atoms with Gasteiger partial charge in [0.05, 0.1) is 6.54 Å². The average molecular weight is 385 g/mol. The summed E-state index contributed by atoms with van der Waals surface area (Å²) in [5, 5.41) is 4.88. The number of amides is 1. The fourth-order valence-electron chi connectivity index (χ4n) is 2.83. The lowest BCUT2D eigenvalue weighted by molar-refractivity contribution is -0.124. The Balaban J connectivity index is 1.73. The molecule has 3 heterocycles. The average Bonchev–Trinajstić information content (AvgIpc) is 3.25.